The molecule has 0 saturated carbocycles. The Bertz CT molecular complexity index is 770. The van der Waals surface area contributed by atoms with Crippen LogP contribution in [0.15, 0.2) is 30.3 Å². The van der Waals surface area contributed by atoms with Crippen LogP contribution in [0.3, 0.4) is 0 Å². The summed E-state index contributed by atoms with van der Waals surface area (Å²) in [5, 5.41) is 2.89. The summed E-state index contributed by atoms with van der Waals surface area (Å²) in [4.78, 5) is 26.9. The highest BCUT2D eigenvalue weighted by Crippen LogP contribution is 2.24. The highest BCUT2D eigenvalue weighted by molar-refractivity contribution is 7.91. The van der Waals surface area contributed by atoms with Crippen molar-refractivity contribution in [2.45, 2.75) is 31.7 Å². The Kier molecular flexibility index (Phi) is 5.48. The molecule has 3 rings (SSSR count). The predicted octanol–water partition coefficient (Wildman–Crippen LogP) is 1.27. The molecule has 0 aliphatic carbocycles. The van der Waals surface area contributed by atoms with Gasteiger partial charge in [-0.05, 0) is 39.3 Å². The van der Waals surface area contributed by atoms with Gasteiger partial charge in [-0.25, -0.2) is 8.42 Å². The molecule has 2 aliphatic heterocycles. The van der Waals surface area contributed by atoms with E-state index in [1.165, 1.54) is 0 Å². The van der Waals surface area contributed by atoms with Crippen LogP contribution in [0.4, 0.5) is 0 Å². The first-order valence-corrected chi connectivity index (χ1v) is 10.9. The predicted molar refractivity (Wildman–Crippen MR) is 99.8 cm³/mol. The van der Waals surface area contributed by atoms with Gasteiger partial charge in [-0.15, -0.1) is 0 Å². The number of hydrogen-bond acceptors (Lipinski definition) is 5. The molecular formula is C19H26N2O4S. The number of hydrogen-bond donors (Lipinski definition) is 1. The van der Waals surface area contributed by atoms with Crippen LogP contribution in [0.5, 0.6) is 0 Å². The number of ketones is 1. The minimum Gasteiger partial charge on any atom is -0.349 e. The second-order valence-corrected chi connectivity index (χ2v) is 9.92. The van der Waals surface area contributed by atoms with Crippen molar-refractivity contribution in [1.29, 1.82) is 0 Å². The molecule has 2 fully saturated rings. The summed E-state index contributed by atoms with van der Waals surface area (Å²) in [5.41, 5.74) is 0.0939. The van der Waals surface area contributed by atoms with E-state index in [1.54, 1.807) is 6.92 Å². The monoisotopic (exact) mass is 378 g/mol. The molecule has 0 radical (unpaired) electrons. The highest BCUT2D eigenvalue weighted by Gasteiger charge is 2.39. The van der Waals surface area contributed by atoms with Gasteiger partial charge in [-0.1, -0.05) is 30.3 Å². The van der Waals surface area contributed by atoms with Crippen LogP contribution in [-0.4, -0.2) is 61.7 Å². The molecule has 0 aromatic heterocycles. The Morgan fingerprint density at radius 3 is 2.42 bits per heavy atom. The summed E-state index contributed by atoms with van der Waals surface area (Å²) >= 11 is 0. The molecule has 6 nitrogen and oxygen atoms in total. The molecule has 1 atom stereocenters. The van der Waals surface area contributed by atoms with Gasteiger partial charge in [0.2, 0.25) is 5.91 Å². The van der Waals surface area contributed by atoms with E-state index in [-0.39, 0.29) is 35.7 Å². The largest absolute Gasteiger partial charge is 0.349 e. The van der Waals surface area contributed by atoms with Crippen molar-refractivity contribution in [1.82, 2.24) is 10.2 Å². The standard InChI is InChI=1S/C19H26N2O4S/c1-19(9-12-26(24,25)14-19)20-17(22)13-21-10-7-16(8-11-21)18(23)15-5-3-2-4-6-15/h2-6,16H,7-14H2,1H3,(H,20,22)/t19-/m0/s1. The van der Waals surface area contributed by atoms with E-state index in [0.29, 0.717) is 19.5 Å². The maximum atomic E-state index is 12.5. The normalized spacial score (nSPS) is 26.5. The molecule has 2 saturated heterocycles. The lowest BCUT2D eigenvalue weighted by atomic mass is 9.89. The zero-order chi connectivity index (χ0) is 18.8. The van der Waals surface area contributed by atoms with E-state index in [9.17, 15) is 18.0 Å². The van der Waals surface area contributed by atoms with Crippen molar-refractivity contribution < 1.29 is 18.0 Å². The van der Waals surface area contributed by atoms with Gasteiger partial charge in [0, 0.05) is 11.5 Å². The Hall–Kier alpha value is -1.73. The third kappa shape index (κ3) is 4.71. The van der Waals surface area contributed by atoms with Crippen LogP contribution >= 0.6 is 0 Å². The van der Waals surface area contributed by atoms with Crippen LogP contribution in [0.2, 0.25) is 0 Å². The molecule has 0 unspecified atom stereocenters. The number of rotatable bonds is 5. The number of amides is 1. The second-order valence-electron chi connectivity index (χ2n) is 7.73. The number of sulfone groups is 1. The van der Waals surface area contributed by atoms with Gasteiger partial charge in [-0.2, -0.15) is 0 Å². The molecule has 7 heteroatoms. The molecule has 1 aromatic carbocycles. The number of likely N-dealkylation sites (tertiary alicyclic amines) is 1. The van der Waals surface area contributed by atoms with E-state index in [2.05, 4.69) is 5.32 Å². The summed E-state index contributed by atoms with van der Waals surface area (Å²) in [6, 6.07) is 9.33. The summed E-state index contributed by atoms with van der Waals surface area (Å²) in [6.07, 6.45) is 1.95. The molecule has 2 heterocycles. The average Bonchev–Trinajstić information content (AvgIpc) is 2.88. The van der Waals surface area contributed by atoms with Gasteiger partial charge in [0.25, 0.3) is 0 Å². The van der Waals surface area contributed by atoms with E-state index >= 15 is 0 Å². The molecule has 26 heavy (non-hydrogen) atoms. The zero-order valence-electron chi connectivity index (χ0n) is 15.1. The fourth-order valence-electron chi connectivity index (χ4n) is 3.88. The van der Waals surface area contributed by atoms with E-state index in [4.69, 9.17) is 0 Å². The van der Waals surface area contributed by atoms with Crippen LogP contribution in [0, 0.1) is 5.92 Å². The summed E-state index contributed by atoms with van der Waals surface area (Å²) in [6.45, 7) is 3.44. The first-order chi connectivity index (χ1) is 12.3. The van der Waals surface area contributed by atoms with Gasteiger partial charge in [0.1, 0.15) is 0 Å². The number of piperidine rings is 1. The molecule has 0 bridgehead atoms. The van der Waals surface area contributed by atoms with Gasteiger partial charge in [0.15, 0.2) is 15.6 Å². The summed E-state index contributed by atoms with van der Waals surface area (Å²) < 4.78 is 23.3. The topological polar surface area (TPSA) is 83.6 Å². The highest BCUT2D eigenvalue weighted by atomic mass is 32.2. The second kappa shape index (κ2) is 7.48. The number of benzene rings is 1. The Balaban J connectivity index is 1.47. The SMILES string of the molecule is C[C@]1(NC(=O)CN2CCC(C(=O)c3ccccc3)CC2)CCS(=O)(=O)C1. The minimum atomic E-state index is -3.04. The van der Waals surface area contributed by atoms with Gasteiger partial charge in [-0.3, -0.25) is 14.5 Å². The fourth-order valence-corrected chi connectivity index (χ4v) is 5.97. The quantitative estimate of drug-likeness (QED) is 0.780. The molecule has 2 aliphatic rings. The van der Waals surface area contributed by atoms with Crippen LogP contribution < -0.4 is 5.32 Å². The lowest BCUT2D eigenvalue weighted by Crippen LogP contribution is -2.51. The van der Waals surface area contributed by atoms with E-state index in [0.717, 1.165) is 18.4 Å². The maximum absolute atomic E-state index is 12.5. The third-order valence-electron chi connectivity index (χ3n) is 5.33. The van der Waals surface area contributed by atoms with Gasteiger partial charge < -0.3 is 5.32 Å². The maximum Gasteiger partial charge on any atom is 0.234 e. The number of nitrogens with zero attached hydrogens (tertiary/aromatic N) is 1. The lowest BCUT2D eigenvalue weighted by Gasteiger charge is -2.32. The number of carbonyl (C=O) groups excluding carboxylic acids is 2. The fraction of sp³-hybridized carbons (Fsp3) is 0.579. The Labute approximate surface area is 154 Å². The summed E-state index contributed by atoms with van der Waals surface area (Å²) in [5.74, 6) is 0.195. The van der Waals surface area contributed by atoms with Gasteiger partial charge >= 0.3 is 0 Å². The van der Waals surface area contributed by atoms with E-state index in [1.807, 2.05) is 35.2 Å². The molecule has 1 amide bonds. The first kappa shape index (κ1) is 19.0. The van der Waals surface area contributed by atoms with Crippen molar-refractivity contribution in [3.63, 3.8) is 0 Å². The van der Waals surface area contributed by atoms with Crippen LogP contribution in [0.25, 0.3) is 0 Å². The molecule has 0 spiro atoms. The van der Waals surface area contributed by atoms with Crippen LogP contribution in [0.1, 0.15) is 36.5 Å². The first-order valence-electron chi connectivity index (χ1n) is 9.09. The number of Topliss-reactive ketones (excluding diaryl/α,β-unsaturated/α-hetero) is 1. The molecule has 1 aromatic rings. The summed E-state index contributed by atoms with van der Waals surface area (Å²) in [7, 11) is -3.04. The Morgan fingerprint density at radius 1 is 1.19 bits per heavy atom. The zero-order valence-corrected chi connectivity index (χ0v) is 15.9. The van der Waals surface area contributed by atoms with E-state index < -0.39 is 15.4 Å². The van der Waals surface area contributed by atoms with Gasteiger partial charge in [0.05, 0.1) is 23.6 Å². The smallest absolute Gasteiger partial charge is 0.234 e. The van der Waals surface area contributed by atoms with Crippen molar-refractivity contribution in [2.24, 2.45) is 5.92 Å². The number of carbonyl (C=O) groups is 2. The molecular weight excluding hydrogens is 352 g/mol. The Morgan fingerprint density at radius 2 is 1.85 bits per heavy atom. The van der Waals surface area contributed by atoms with Crippen molar-refractivity contribution >= 4 is 21.5 Å². The average molecular weight is 378 g/mol. The lowest BCUT2D eigenvalue weighted by molar-refractivity contribution is -0.124. The number of nitrogens with one attached hydrogen (secondary N) is 1. The molecule has 142 valence electrons. The molecule has 1 N–H and O–H groups in total. The third-order valence-corrected chi connectivity index (χ3v) is 7.23. The van der Waals surface area contributed by atoms with Crippen LogP contribution in [-0.2, 0) is 14.6 Å². The minimum absolute atomic E-state index is 0.00852. The van der Waals surface area contributed by atoms with Crippen molar-refractivity contribution in [3.8, 4) is 0 Å². The van der Waals surface area contributed by atoms with Crippen molar-refractivity contribution in [2.75, 3.05) is 31.1 Å². The van der Waals surface area contributed by atoms with Crippen molar-refractivity contribution in [3.05, 3.63) is 35.9 Å².